The molecule has 3 rings (SSSR count). The van der Waals surface area contributed by atoms with Crippen molar-refractivity contribution in [1.29, 1.82) is 0 Å². The summed E-state index contributed by atoms with van der Waals surface area (Å²) in [7, 11) is 0. The second-order valence-corrected chi connectivity index (χ2v) is 7.10. The molecule has 4 nitrogen and oxygen atoms in total. The maximum atomic E-state index is 12.9. The molecular weight excluding hydrogens is 331 g/mol. The van der Waals surface area contributed by atoms with Gasteiger partial charge in [-0.15, -0.1) is 0 Å². The van der Waals surface area contributed by atoms with E-state index < -0.39 is 23.3 Å². The first-order chi connectivity index (χ1) is 11.6. The van der Waals surface area contributed by atoms with Crippen LogP contribution < -0.4 is 5.32 Å². The number of carbonyl (C=O) groups excluding carboxylic acids is 1. The lowest BCUT2D eigenvalue weighted by Gasteiger charge is -2.36. The number of hydrogen-bond acceptors (Lipinski definition) is 2. The monoisotopic (exact) mass is 351 g/mol. The van der Waals surface area contributed by atoms with E-state index in [0.717, 1.165) is 18.4 Å². The molecule has 0 unspecified atom stereocenters. The summed E-state index contributed by atoms with van der Waals surface area (Å²) in [6.45, 7) is 5.32. The van der Waals surface area contributed by atoms with Crippen molar-refractivity contribution in [1.82, 2.24) is 15.5 Å². The van der Waals surface area contributed by atoms with Crippen molar-refractivity contribution < 1.29 is 18.0 Å². The van der Waals surface area contributed by atoms with E-state index in [2.05, 4.69) is 10.4 Å². The van der Waals surface area contributed by atoms with Crippen LogP contribution in [0.4, 0.5) is 13.2 Å². The number of alkyl halides is 3. The molecule has 1 aromatic carbocycles. The molecule has 1 heterocycles. The van der Waals surface area contributed by atoms with Crippen LogP contribution in [0.5, 0.6) is 0 Å². The molecule has 0 atom stereocenters. The number of carbonyl (C=O) groups is 1. The van der Waals surface area contributed by atoms with E-state index in [4.69, 9.17) is 0 Å². The Hall–Kier alpha value is -2.31. The summed E-state index contributed by atoms with van der Waals surface area (Å²) in [5.74, 6) is -0.578. The first-order valence-corrected chi connectivity index (χ1v) is 8.09. The minimum Gasteiger partial charge on any atom is -0.344 e. The fourth-order valence-corrected chi connectivity index (χ4v) is 3.33. The van der Waals surface area contributed by atoms with E-state index in [1.807, 2.05) is 49.3 Å². The third kappa shape index (κ3) is 2.92. The molecule has 2 N–H and O–H groups in total. The van der Waals surface area contributed by atoms with E-state index in [0.29, 0.717) is 0 Å². The van der Waals surface area contributed by atoms with E-state index in [1.165, 1.54) is 6.92 Å². The first kappa shape index (κ1) is 17.5. The fraction of sp³-hybridized carbons (Fsp3) is 0.444. The average molecular weight is 351 g/mol. The van der Waals surface area contributed by atoms with Crippen LogP contribution in [-0.4, -0.2) is 21.6 Å². The number of amides is 1. The maximum absolute atomic E-state index is 12.9. The number of aromatic amines is 1. The van der Waals surface area contributed by atoms with Gasteiger partial charge in [-0.05, 0) is 25.3 Å². The number of rotatable bonds is 4. The number of halogens is 3. The molecule has 2 aromatic rings. The molecule has 1 amide bonds. The second kappa shape index (κ2) is 5.61. The number of hydrogen-bond donors (Lipinski definition) is 2. The van der Waals surface area contributed by atoms with Crippen molar-refractivity contribution in [3.8, 4) is 0 Å². The standard InChI is InChI=1S/C18H20F3N3O/c1-11-13(23-24-14(11)18(19,20)21)15(25)22-17(9-10-17)16(2,3)12-7-5-4-6-8-12/h4-8H,9-10H2,1-3H3,(H,22,25)(H,23,24). The number of nitrogens with zero attached hydrogens (tertiary/aromatic N) is 1. The second-order valence-electron chi connectivity index (χ2n) is 7.10. The molecule has 0 spiro atoms. The molecule has 1 aliphatic carbocycles. The van der Waals surface area contributed by atoms with Gasteiger partial charge in [0.05, 0.1) is 0 Å². The van der Waals surface area contributed by atoms with Gasteiger partial charge >= 0.3 is 6.18 Å². The van der Waals surface area contributed by atoms with E-state index >= 15 is 0 Å². The lowest BCUT2D eigenvalue weighted by Crippen LogP contribution is -2.50. The molecule has 0 saturated heterocycles. The molecule has 1 saturated carbocycles. The van der Waals surface area contributed by atoms with Crippen molar-refractivity contribution in [2.45, 2.75) is 50.7 Å². The molecule has 0 bridgehead atoms. The van der Waals surface area contributed by atoms with Crippen LogP contribution in [0.3, 0.4) is 0 Å². The average Bonchev–Trinajstić information content (AvgIpc) is 3.21. The highest BCUT2D eigenvalue weighted by Crippen LogP contribution is 2.51. The predicted molar refractivity (Wildman–Crippen MR) is 87.2 cm³/mol. The van der Waals surface area contributed by atoms with Crippen LogP contribution in [0.2, 0.25) is 0 Å². The molecule has 0 aliphatic heterocycles. The van der Waals surface area contributed by atoms with Crippen molar-refractivity contribution in [2.24, 2.45) is 0 Å². The summed E-state index contributed by atoms with van der Waals surface area (Å²) in [4.78, 5) is 12.6. The maximum Gasteiger partial charge on any atom is 0.433 e. The molecule has 1 fully saturated rings. The Morgan fingerprint density at radius 2 is 1.80 bits per heavy atom. The Bertz CT molecular complexity index is 790. The molecule has 7 heteroatoms. The van der Waals surface area contributed by atoms with Crippen molar-refractivity contribution in [2.75, 3.05) is 0 Å². The van der Waals surface area contributed by atoms with Crippen molar-refractivity contribution >= 4 is 5.91 Å². The molecule has 0 radical (unpaired) electrons. The summed E-state index contributed by atoms with van der Waals surface area (Å²) < 4.78 is 38.7. The summed E-state index contributed by atoms with van der Waals surface area (Å²) in [6, 6.07) is 9.77. The lowest BCUT2D eigenvalue weighted by atomic mass is 9.75. The van der Waals surface area contributed by atoms with E-state index in [9.17, 15) is 18.0 Å². The highest BCUT2D eigenvalue weighted by Gasteiger charge is 2.56. The number of nitrogens with one attached hydrogen (secondary N) is 2. The summed E-state index contributed by atoms with van der Waals surface area (Å²) in [5.41, 5.74) is -1.12. The summed E-state index contributed by atoms with van der Waals surface area (Å²) in [6.07, 6.45) is -3.01. The van der Waals surface area contributed by atoms with Gasteiger partial charge in [0.25, 0.3) is 5.91 Å². The molecular formula is C18H20F3N3O. The van der Waals surface area contributed by atoms with E-state index in [-0.39, 0.29) is 16.7 Å². The smallest absolute Gasteiger partial charge is 0.344 e. The predicted octanol–water partition coefficient (Wildman–Crippen LogP) is 3.98. The number of H-pyrrole nitrogens is 1. The van der Waals surface area contributed by atoms with Crippen LogP contribution in [0, 0.1) is 6.92 Å². The van der Waals surface area contributed by atoms with Gasteiger partial charge in [0, 0.05) is 16.5 Å². The Morgan fingerprint density at radius 1 is 1.20 bits per heavy atom. The molecule has 134 valence electrons. The highest BCUT2D eigenvalue weighted by molar-refractivity contribution is 5.94. The van der Waals surface area contributed by atoms with Crippen LogP contribution in [0.1, 0.15) is 54.0 Å². The van der Waals surface area contributed by atoms with Gasteiger partial charge in [0.2, 0.25) is 0 Å². The molecule has 1 aromatic heterocycles. The Morgan fingerprint density at radius 3 is 2.28 bits per heavy atom. The van der Waals surface area contributed by atoms with Gasteiger partial charge in [0.1, 0.15) is 5.69 Å². The van der Waals surface area contributed by atoms with Gasteiger partial charge in [0.15, 0.2) is 5.69 Å². The zero-order valence-electron chi connectivity index (χ0n) is 14.3. The quantitative estimate of drug-likeness (QED) is 0.875. The largest absolute Gasteiger partial charge is 0.433 e. The summed E-state index contributed by atoms with van der Waals surface area (Å²) in [5, 5.41) is 8.47. The van der Waals surface area contributed by atoms with Gasteiger partial charge in [-0.2, -0.15) is 18.3 Å². The molecule has 1 aliphatic rings. The zero-order valence-corrected chi connectivity index (χ0v) is 14.3. The zero-order chi connectivity index (χ0) is 18.5. The number of aromatic nitrogens is 2. The van der Waals surface area contributed by atoms with Crippen LogP contribution in [-0.2, 0) is 11.6 Å². The first-order valence-electron chi connectivity index (χ1n) is 8.09. The fourth-order valence-electron chi connectivity index (χ4n) is 3.33. The minimum absolute atomic E-state index is 0.182. The van der Waals surface area contributed by atoms with E-state index in [1.54, 1.807) is 0 Å². The number of benzene rings is 1. The van der Waals surface area contributed by atoms with Gasteiger partial charge < -0.3 is 5.32 Å². The third-order valence-electron chi connectivity index (χ3n) is 5.30. The van der Waals surface area contributed by atoms with Crippen LogP contribution in [0.25, 0.3) is 0 Å². The van der Waals surface area contributed by atoms with Crippen molar-refractivity contribution in [3.63, 3.8) is 0 Å². The van der Waals surface area contributed by atoms with Gasteiger partial charge in [-0.1, -0.05) is 44.2 Å². The van der Waals surface area contributed by atoms with Gasteiger partial charge in [-0.25, -0.2) is 0 Å². The highest BCUT2D eigenvalue weighted by atomic mass is 19.4. The Balaban J connectivity index is 1.85. The van der Waals surface area contributed by atoms with Crippen molar-refractivity contribution in [3.05, 3.63) is 52.8 Å². The Labute approximate surface area is 143 Å². The summed E-state index contributed by atoms with van der Waals surface area (Å²) >= 11 is 0. The lowest BCUT2D eigenvalue weighted by molar-refractivity contribution is -0.141. The topological polar surface area (TPSA) is 57.8 Å². The Kier molecular flexibility index (Phi) is 3.93. The van der Waals surface area contributed by atoms with Gasteiger partial charge in [-0.3, -0.25) is 9.89 Å². The minimum atomic E-state index is -4.56. The normalized spacial score (nSPS) is 16.6. The molecule has 25 heavy (non-hydrogen) atoms. The van der Waals surface area contributed by atoms with Crippen LogP contribution in [0.15, 0.2) is 30.3 Å². The SMILES string of the molecule is Cc1c(C(=O)NC2(C(C)(C)c3ccccc3)CC2)n[nH]c1C(F)(F)F. The third-order valence-corrected chi connectivity index (χ3v) is 5.30. The van der Waals surface area contributed by atoms with Crippen LogP contribution >= 0.6 is 0 Å².